The molecule has 0 bridgehead atoms. The van der Waals surface area contributed by atoms with E-state index < -0.39 is 0 Å². The summed E-state index contributed by atoms with van der Waals surface area (Å²) in [7, 11) is 0. The molecule has 94 valence electrons. The molecule has 3 aromatic rings. The molecule has 2 aromatic carbocycles. The van der Waals surface area contributed by atoms with E-state index in [-0.39, 0.29) is 0 Å². The number of fused-ring (bicyclic) bond motifs is 1. The summed E-state index contributed by atoms with van der Waals surface area (Å²) in [4.78, 5) is 3.37. The Morgan fingerprint density at radius 1 is 1.00 bits per heavy atom. The highest BCUT2D eigenvalue weighted by Gasteiger charge is 1.98. The molecule has 0 aliphatic heterocycles. The number of aromatic nitrogens is 1. The van der Waals surface area contributed by atoms with Gasteiger partial charge in [-0.15, -0.1) is 0 Å². The average molecular weight is 333 g/mol. The lowest BCUT2D eigenvalue weighted by Gasteiger charge is -1.93. The second kappa shape index (κ2) is 5.24. The molecule has 0 aliphatic carbocycles. The van der Waals surface area contributed by atoms with Crippen molar-refractivity contribution in [3.63, 3.8) is 0 Å². The fourth-order valence-corrected chi connectivity index (χ4v) is 2.57. The van der Waals surface area contributed by atoms with Crippen LogP contribution < -0.4 is 0 Å². The third kappa shape index (κ3) is 2.91. The lowest BCUT2D eigenvalue weighted by molar-refractivity contribution is 1.43. The number of hydrogen-bond donors (Lipinski definition) is 1. The van der Waals surface area contributed by atoms with Crippen LogP contribution in [0.5, 0.6) is 0 Å². The normalized spacial score (nSPS) is 11.5. The number of H-pyrrole nitrogens is 1. The topological polar surface area (TPSA) is 15.8 Å². The molecule has 0 atom stereocenters. The van der Waals surface area contributed by atoms with Gasteiger partial charge in [-0.2, -0.15) is 0 Å². The van der Waals surface area contributed by atoms with Crippen molar-refractivity contribution in [1.82, 2.24) is 4.98 Å². The third-order valence-corrected chi connectivity index (χ3v) is 3.64. The van der Waals surface area contributed by atoms with Crippen molar-refractivity contribution >= 4 is 50.6 Å². The second-order valence-corrected chi connectivity index (χ2v) is 5.70. The molecule has 0 aliphatic rings. The van der Waals surface area contributed by atoms with Gasteiger partial charge >= 0.3 is 0 Å². The second-order valence-electron chi connectivity index (χ2n) is 4.34. The van der Waals surface area contributed by atoms with Gasteiger partial charge in [0.15, 0.2) is 0 Å². The van der Waals surface area contributed by atoms with E-state index >= 15 is 0 Å². The van der Waals surface area contributed by atoms with Crippen molar-refractivity contribution in [2.24, 2.45) is 0 Å². The summed E-state index contributed by atoms with van der Waals surface area (Å²) in [5, 5.41) is 1.96. The van der Waals surface area contributed by atoms with Crippen LogP contribution in [0.15, 0.2) is 53.0 Å². The molecule has 0 amide bonds. The van der Waals surface area contributed by atoms with Crippen LogP contribution in [0.3, 0.4) is 0 Å². The molecule has 0 unspecified atom stereocenters. The first-order chi connectivity index (χ1) is 9.20. The van der Waals surface area contributed by atoms with Gasteiger partial charge in [0.05, 0.1) is 0 Å². The molecule has 1 N–H and O–H groups in total. The molecule has 3 rings (SSSR count). The van der Waals surface area contributed by atoms with E-state index in [2.05, 4.69) is 45.2 Å². The summed E-state index contributed by atoms with van der Waals surface area (Å²) < 4.78 is 1.08. The first-order valence-electron chi connectivity index (χ1n) is 5.93. The van der Waals surface area contributed by atoms with E-state index in [1.807, 2.05) is 36.4 Å². The molecule has 0 saturated carbocycles. The van der Waals surface area contributed by atoms with E-state index in [9.17, 15) is 0 Å². The summed E-state index contributed by atoms with van der Waals surface area (Å²) in [6, 6.07) is 16.1. The van der Waals surface area contributed by atoms with Crippen LogP contribution >= 0.6 is 27.5 Å². The predicted molar refractivity (Wildman–Crippen MR) is 86.4 cm³/mol. The standard InChI is InChI=1S/C16H11BrClN/c17-13-6-5-12-9-15(19-16(12)10-13)7-4-11-2-1-3-14(18)8-11/h1-10,19H. The van der Waals surface area contributed by atoms with Crippen LogP contribution in [-0.2, 0) is 0 Å². The van der Waals surface area contributed by atoms with Crippen molar-refractivity contribution in [2.75, 3.05) is 0 Å². The minimum absolute atomic E-state index is 0.753. The van der Waals surface area contributed by atoms with Gasteiger partial charge in [-0.05, 0) is 42.0 Å². The minimum Gasteiger partial charge on any atom is -0.355 e. The molecule has 1 nitrogen and oxygen atoms in total. The van der Waals surface area contributed by atoms with Crippen LogP contribution in [0.1, 0.15) is 11.3 Å². The predicted octanol–water partition coefficient (Wildman–Crippen LogP) is 5.75. The van der Waals surface area contributed by atoms with Gasteiger partial charge in [0, 0.05) is 26.1 Å². The zero-order valence-electron chi connectivity index (χ0n) is 10.0. The van der Waals surface area contributed by atoms with Crippen LogP contribution in [0.25, 0.3) is 23.1 Å². The van der Waals surface area contributed by atoms with E-state index in [0.717, 1.165) is 26.3 Å². The highest BCUT2D eigenvalue weighted by atomic mass is 79.9. The maximum absolute atomic E-state index is 5.96. The molecule has 19 heavy (non-hydrogen) atoms. The van der Waals surface area contributed by atoms with Crippen molar-refractivity contribution in [2.45, 2.75) is 0 Å². The van der Waals surface area contributed by atoms with Crippen LogP contribution in [-0.4, -0.2) is 4.98 Å². The molecular weight excluding hydrogens is 322 g/mol. The lowest BCUT2D eigenvalue weighted by Crippen LogP contribution is -1.72. The summed E-state index contributed by atoms with van der Waals surface area (Å²) in [5.74, 6) is 0. The average Bonchev–Trinajstić information content (AvgIpc) is 2.78. The number of halogens is 2. The molecule has 0 saturated heterocycles. The molecular formula is C16H11BrClN. The Labute approximate surface area is 125 Å². The quantitative estimate of drug-likeness (QED) is 0.614. The van der Waals surface area contributed by atoms with Crippen LogP contribution in [0.2, 0.25) is 5.02 Å². The van der Waals surface area contributed by atoms with E-state index in [1.165, 1.54) is 5.39 Å². The zero-order chi connectivity index (χ0) is 13.2. The first-order valence-corrected chi connectivity index (χ1v) is 7.10. The SMILES string of the molecule is Clc1cccc(C=Cc2cc3ccc(Br)cc3[nH]2)c1. The Morgan fingerprint density at radius 3 is 2.74 bits per heavy atom. The molecule has 0 fully saturated rings. The molecule has 1 heterocycles. The molecule has 0 spiro atoms. The van der Waals surface area contributed by atoms with Gasteiger partial charge in [0.1, 0.15) is 0 Å². The Morgan fingerprint density at radius 2 is 1.89 bits per heavy atom. The van der Waals surface area contributed by atoms with Gasteiger partial charge in [0.2, 0.25) is 0 Å². The maximum Gasteiger partial charge on any atom is 0.0469 e. The summed E-state index contributed by atoms with van der Waals surface area (Å²) in [6.07, 6.45) is 4.10. The van der Waals surface area contributed by atoms with Crippen molar-refractivity contribution in [3.8, 4) is 0 Å². The van der Waals surface area contributed by atoms with Gasteiger partial charge < -0.3 is 4.98 Å². The fourth-order valence-electron chi connectivity index (χ4n) is 2.01. The van der Waals surface area contributed by atoms with Gasteiger partial charge in [0.25, 0.3) is 0 Å². The summed E-state index contributed by atoms with van der Waals surface area (Å²) in [6.45, 7) is 0. The van der Waals surface area contributed by atoms with E-state index in [0.29, 0.717) is 0 Å². The van der Waals surface area contributed by atoms with Gasteiger partial charge in [-0.3, -0.25) is 0 Å². The lowest BCUT2D eigenvalue weighted by atomic mass is 10.2. The molecule has 1 aromatic heterocycles. The highest BCUT2D eigenvalue weighted by molar-refractivity contribution is 9.10. The fraction of sp³-hybridized carbons (Fsp3) is 0. The minimum atomic E-state index is 0.753. The van der Waals surface area contributed by atoms with Crippen molar-refractivity contribution in [3.05, 3.63) is 69.3 Å². The number of aromatic amines is 1. The number of nitrogens with one attached hydrogen (secondary N) is 1. The van der Waals surface area contributed by atoms with Crippen LogP contribution in [0, 0.1) is 0 Å². The third-order valence-electron chi connectivity index (χ3n) is 2.91. The van der Waals surface area contributed by atoms with Gasteiger partial charge in [-0.1, -0.05) is 51.8 Å². The molecule has 3 heteroatoms. The van der Waals surface area contributed by atoms with Gasteiger partial charge in [-0.25, -0.2) is 0 Å². The largest absolute Gasteiger partial charge is 0.355 e. The monoisotopic (exact) mass is 331 g/mol. The Hall–Kier alpha value is -1.51. The smallest absolute Gasteiger partial charge is 0.0469 e. The first kappa shape index (κ1) is 12.5. The number of hydrogen-bond acceptors (Lipinski definition) is 0. The Balaban J connectivity index is 1.92. The molecule has 0 radical (unpaired) electrons. The summed E-state index contributed by atoms with van der Waals surface area (Å²) >= 11 is 9.43. The highest BCUT2D eigenvalue weighted by Crippen LogP contribution is 2.21. The van der Waals surface area contributed by atoms with E-state index in [4.69, 9.17) is 11.6 Å². The van der Waals surface area contributed by atoms with Crippen molar-refractivity contribution < 1.29 is 0 Å². The Kier molecular flexibility index (Phi) is 3.45. The maximum atomic E-state index is 5.96. The van der Waals surface area contributed by atoms with Crippen LogP contribution in [0.4, 0.5) is 0 Å². The Bertz CT molecular complexity index is 758. The summed E-state index contributed by atoms with van der Waals surface area (Å²) in [5.41, 5.74) is 3.29. The number of rotatable bonds is 2. The van der Waals surface area contributed by atoms with E-state index in [1.54, 1.807) is 0 Å². The zero-order valence-corrected chi connectivity index (χ0v) is 12.4. The van der Waals surface area contributed by atoms with Crippen molar-refractivity contribution in [1.29, 1.82) is 0 Å². The number of benzene rings is 2.